The van der Waals surface area contributed by atoms with Crippen molar-refractivity contribution in [2.24, 2.45) is 5.73 Å². The van der Waals surface area contributed by atoms with E-state index in [1.165, 1.54) is 0 Å². The van der Waals surface area contributed by atoms with E-state index in [0.29, 0.717) is 6.54 Å². The van der Waals surface area contributed by atoms with Crippen molar-refractivity contribution in [2.45, 2.75) is 19.3 Å². The first-order valence-electron chi connectivity index (χ1n) is 5.22. The quantitative estimate of drug-likeness (QED) is 0.891. The van der Waals surface area contributed by atoms with Crippen LogP contribution in [0.3, 0.4) is 0 Å². The number of nitrogens with zero attached hydrogens (tertiary/aromatic N) is 1. The van der Waals surface area contributed by atoms with Crippen LogP contribution in [-0.2, 0) is 5.41 Å². The van der Waals surface area contributed by atoms with Gasteiger partial charge in [-0.05, 0) is 18.2 Å². The van der Waals surface area contributed by atoms with Crippen molar-refractivity contribution < 1.29 is 4.74 Å². The van der Waals surface area contributed by atoms with E-state index >= 15 is 0 Å². The molecule has 0 aliphatic carbocycles. The molecule has 0 radical (unpaired) electrons. The summed E-state index contributed by atoms with van der Waals surface area (Å²) in [5.74, 6) is 0.869. The van der Waals surface area contributed by atoms with E-state index in [-0.39, 0.29) is 5.41 Å². The zero-order valence-electron chi connectivity index (χ0n) is 9.78. The number of thiazole rings is 1. The summed E-state index contributed by atoms with van der Waals surface area (Å²) in [6, 6.07) is 5.94. The predicted octanol–water partition coefficient (Wildman–Crippen LogP) is 2.54. The van der Waals surface area contributed by atoms with Gasteiger partial charge in [-0.2, -0.15) is 0 Å². The van der Waals surface area contributed by atoms with Crippen LogP contribution in [0.15, 0.2) is 18.2 Å². The molecule has 0 unspecified atom stereocenters. The maximum atomic E-state index is 5.76. The van der Waals surface area contributed by atoms with Gasteiger partial charge in [-0.15, -0.1) is 11.3 Å². The Bertz CT molecular complexity index is 505. The van der Waals surface area contributed by atoms with E-state index in [1.807, 2.05) is 18.2 Å². The minimum absolute atomic E-state index is 0.0586. The molecule has 0 saturated heterocycles. The molecule has 1 aromatic heterocycles. The zero-order chi connectivity index (χ0) is 11.8. The SMILES string of the molecule is COc1ccc2nc(C(C)(C)CN)sc2c1. The lowest BCUT2D eigenvalue weighted by Crippen LogP contribution is -2.27. The number of methoxy groups -OCH3 is 1. The topological polar surface area (TPSA) is 48.1 Å². The van der Waals surface area contributed by atoms with Crippen molar-refractivity contribution in [1.29, 1.82) is 0 Å². The average molecular weight is 236 g/mol. The van der Waals surface area contributed by atoms with Gasteiger partial charge in [0.2, 0.25) is 0 Å². The first-order chi connectivity index (χ1) is 7.56. The van der Waals surface area contributed by atoms with E-state index in [9.17, 15) is 0 Å². The highest BCUT2D eigenvalue weighted by atomic mass is 32.1. The fraction of sp³-hybridized carbons (Fsp3) is 0.417. The Kier molecular flexibility index (Phi) is 2.86. The van der Waals surface area contributed by atoms with Crippen molar-refractivity contribution >= 4 is 21.6 Å². The highest BCUT2D eigenvalue weighted by Crippen LogP contribution is 2.32. The summed E-state index contributed by atoms with van der Waals surface area (Å²) in [6.07, 6.45) is 0. The highest BCUT2D eigenvalue weighted by molar-refractivity contribution is 7.18. The Morgan fingerprint density at radius 2 is 2.19 bits per heavy atom. The summed E-state index contributed by atoms with van der Waals surface area (Å²) >= 11 is 1.69. The van der Waals surface area contributed by atoms with Crippen LogP contribution < -0.4 is 10.5 Å². The van der Waals surface area contributed by atoms with Gasteiger partial charge in [0.05, 0.1) is 17.3 Å². The van der Waals surface area contributed by atoms with Crippen LogP contribution in [0.4, 0.5) is 0 Å². The molecule has 0 fully saturated rings. The Balaban J connectivity index is 2.52. The molecule has 0 aliphatic heterocycles. The van der Waals surface area contributed by atoms with Gasteiger partial charge in [-0.25, -0.2) is 4.98 Å². The van der Waals surface area contributed by atoms with Crippen molar-refractivity contribution in [3.8, 4) is 5.75 Å². The van der Waals surface area contributed by atoms with Gasteiger partial charge in [0, 0.05) is 12.0 Å². The second-order valence-corrected chi connectivity index (χ2v) is 5.47. The van der Waals surface area contributed by atoms with Gasteiger partial charge in [0.15, 0.2) is 0 Å². The summed E-state index contributed by atoms with van der Waals surface area (Å²) in [7, 11) is 1.67. The first-order valence-corrected chi connectivity index (χ1v) is 6.03. The summed E-state index contributed by atoms with van der Waals surface area (Å²) in [5, 5.41) is 1.08. The lowest BCUT2D eigenvalue weighted by molar-refractivity contribution is 0.415. The number of hydrogen-bond acceptors (Lipinski definition) is 4. The summed E-state index contributed by atoms with van der Waals surface area (Å²) in [4.78, 5) is 4.61. The largest absolute Gasteiger partial charge is 0.497 e. The fourth-order valence-corrected chi connectivity index (χ4v) is 2.51. The highest BCUT2D eigenvalue weighted by Gasteiger charge is 2.22. The lowest BCUT2D eigenvalue weighted by atomic mass is 9.95. The predicted molar refractivity (Wildman–Crippen MR) is 68.3 cm³/mol. The number of ether oxygens (including phenoxy) is 1. The van der Waals surface area contributed by atoms with Gasteiger partial charge in [0.1, 0.15) is 10.8 Å². The number of benzene rings is 1. The van der Waals surface area contributed by atoms with Crippen molar-refractivity contribution in [2.75, 3.05) is 13.7 Å². The monoisotopic (exact) mass is 236 g/mol. The number of fused-ring (bicyclic) bond motifs is 1. The molecule has 4 heteroatoms. The van der Waals surface area contributed by atoms with Gasteiger partial charge < -0.3 is 10.5 Å². The van der Waals surface area contributed by atoms with Crippen LogP contribution in [0.1, 0.15) is 18.9 Å². The molecule has 2 rings (SSSR count). The summed E-state index contributed by atoms with van der Waals surface area (Å²) in [6.45, 7) is 4.83. The molecule has 0 bridgehead atoms. The molecule has 0 amide bonds. The van der Waals surface area contributed by atoms with Crippen LogP contribution in [0.5, 0.6) is 5.75 Å². The van der Waals surface area contributed by atoms with Crippen LogP contribution in [0, 0.1) is 0 Å². The molecule has 0 spiro atoms. The molecule has 1 aromatic carbocycles. The standard InChI is InChI=1S/C12H16N2OS/c1-12(2,7-13)11-14-9-5-4-8(15-3)6-10(9)16-11/h4-6H,7,13H2,1-3H3. The zero-order valence-corrected chi connectivity index (χ0v) is 10.6. The molecule has 0 saturated carbocycles. The maximum absolute atomic E-state index is 5.76. The molecule has 2 aromatic rings. The van der Waals surface area contributed by atoms with E-state index < -0.39 is 0 Å². The lowest BCUT2D eigenvalue weighted by Gasteiger charge is -2.18. The maximum Gasteiger partial charge on any atom is 0.120 e. The average Bonchev–Trinajstić information content (AvgIpc) is 2.72. The Morgan fingerprint density at radius 3 is 2.81 bits per heavy atom. The molecule has 0 atom stereocenters. The van der Waals surface area contributed by atoms with Gasteiger partial charge >= 0.3 is 0 Å². The van der Waals surface area contributed by atoms with Crippen LogP contribution in [0.2, 0.25) is 0 Å². The molecular weight excluding hydrogens is 220 g/mol. The Hall–Kier alpha value is -1.13. The van der Waals surface area contributed by atoms with E-state index in [0.717, 1.165) is 21.0 Å². The molecule has 86 valence electrons. The summed E-state index contributed by atoms with van der Waals surface area (Å²) in [5.41, 5.74) is 6.72. The molecule has 16 heavy (non-hydrogen) atoms. The minimum Gasteiger partial charge on any atom is -0.497 e. The van der Waals surface area contributed by atoms with Gasteiger partial charge in [0.25, 0.3) is 0 Å². The van der Waals surface area contributed by atoms with Crippen molar-refractivity contribution in [3.63, 3.8) is 0 Å². The Labute approximate surface area is 99.3 Å². The minimum atomic E-state index is -0.0586. The molecule has 0 aliphatic rings. The third-order valence-corrected chi connectivity index (χ3v) is 4.07. The van der Waals surface area contributed by atoms with Crippen LogP contribution in [-0.4, -0.2) is 18.6 Å². The number of aromatic nitrogens is 1. The van der Waals surface area contributed by atoms with E-state index in [4.69, 9.17) is 10.5 Å². The van der Waals surface area contributed by atoms with Crippen LogP contribution in [0.25, 0.3) is 10.2 Å². The molecule has 2 N–H and O–H groups in total. The first kappa shape index (κ1) is 11.4. The number of hydrogen-bond donors (Lipinski definition) is 1. The smallest absolute Gasteiger partial charge is 0.120 e. The van der Waals surface area contributed by atoms with Gasteiger partial charge in [-0.3, -0.25) is 0 Å². The Morgan fingerprint density at radius 1 is 1.44 bits per heavy atom. The van der Waals surface area contributed by atoms with E-state index in [2.05, 4.69) is 18.8 Å². The number of rotatable bonds is 3. The third kappa shape index (κ3) is 1.90. The second kappa shape index (κ2) is 4.03. The number of nitrogens with two attached hydrogens (primary N) is 1. The second-order valence-electron chi connectivity index (χ2n) is 4.44. The fourth-order valence-electron chi connectivity index (χ4n) is 1.41. The van der Waals surface area contributed by atoms with Crippen molar-refractivity contribution in [1.82, 2.24) is 4.98 Å². The normalized spacial score (nSPS) is 12.0. The van der Waals surface area contributed by atoms with Crippen molar-refractivity contribution in [3.05, 3.63) is 23.2 Å². The van der Waals surface area contributed by atoms with Gasteiger partial charge in [-0.1, -0.05) is 13.8 Å². The van der Waals surface area contributed by atoms with Crippen LogP contribution >= 0.6 is 11.3 Å². The molecule has 1 heterocycles. The van der Waals surface area contributed by atoms with E-state index in [1.54, 1.807) is 18.4 Å². The molecular formula is C12H16N2OS. The molecule has 3 nitrogen and oxygen atoms in total. The third-order valence-electron chi connectivity index (χ3n) is 2.68. The summed E-state index contributed by atoms with van der Waals surface area (Å²) < 4.78 is 6.35.